The van der Waals surface area contributed by atoms with Gasteiger partial charge in [0.15, 0.2) is 0 Å². The van der Waals surface area contributed by atoms with E-state index in [9.17, 15) is 10.2 Å². The number of benzene rings is 1. The fraction of sp³-hybridized carbons (Fsp3) is 0.375. The van der Waals surface area contributed by atoms with E-state index in [1.54, 1.807) is 17.4 Å². The molecule has 0 aliphatic rings. The summed E-state index contributed by atoms with van der Waals surface area (Å²) in [6.45, 7) is 4.17. The maximum atomic E-state index is 9.93. The minimum atomic E-state index is -0.0271. The number of aromatic hydroxyl groups is 2. The van der Waals surface area contributed by atoms with E-state index in [0.29, 0.717) is 0 Å². The topological polar surface area (TPSA) is 52.5 Å². The average Bonchev–Trinajstić information content (AvgIpc) is 2.95. The molecule has 0 amide bonds. The second-order valence-corrected chi connectivity index (χ2v) is 5.97. The highest BCUT2D eigenvalue weighted by atomic mass is 32.1. The summed E-state index contributed by atoms with van der Waals surface area (Å²) in [5.41, 5.74) is 0.725. The normalized spacial score (nSPS) is 14.1. The van der Waals surface area contributed by atoms with Gasteiger partial charge >= 0.3 is 0 Å². The molecule has 20 heavy (non-hydrogen) atoms. The molecule has 0 fully saturated rings. The maximum absolute atomic E-state index is 9.93. The first-order chi connectivity index (χ1) is 9.61. The lowest BCUT2D eigenvalue weighted by molar-refractivity contribution is 0.413. The lowest BCUT2D eigenvalue weighted by atomic mass is 10.0. The number of rotatable bonds is 6. The zero-order valence-electron chi connectivity index (χ0n) is 11.8. The fourth-order valence-electron chi connectivity index (χ4n) is 2.37. The van der Waals surface area contributed by atoms with Crippen molar-refractivity contribution in [2.45, 2.75) is 38.8 Å². The van der Waals surface area contributed by atoms with Crippen LogP contribution in [-0.2, 0) is 0 Å². The number of hydrogen-bond acceptors (Lipinski definition) is 4. The predicted molar refractivity (Wildman–Crippen MR) is 83.3 cm³/mol. The summed E-state index contributed by atoms with van der Waals surface area (Å²) in [6.07, 6.45) is 2.14. The van der Waals surface area contributed by atoms with Crippen LogP contribution in [0.1, 0.15) is 49.2 Å². The van der Waals surface area contributed by atoms with Crippen molar-refractivity contribution in [3.05, 3.63) is 46.2 Å². The Morgan fingerprint density at radius 1 is 1.25 bits per heavy atom. The second kappa shape index (κ2) is 6.77. The molecule has 0 aliphatic carbocycles. The Morgan fingerprint density at radius 2 is 2.05 bits per heavy atom. The van der Waals surface area contributed by atoms with E-state index >= 15 is 0 Å². The molecule has 4 heteroatoms. The molecule has 1 heterocycles. The van der Waals surface area contributed by atoms with Crippen LogP contribution in [0.2, 0.25) is 0 Å². The summed E-state index contributed by atoms with van der Waals surface area (Å²) in [5, 5.41) is 25.1. The van der Waals surface area contributed by atoms with Gasteiger partial charge in [-0.25, -0.2) is 0 Å². The minimum Gasteiger partial charge on any atom is -0.508 e. The summed E-state index contributed by atoms with van der Waals surface area (Å²) < 4.78 is 0. The van der Waals surface area contributed by atoms with Crippen LogP contribution in [0.3, 0.4) is 0 Å². The van der Waals surface area contributed by atoms with Crippen LogP contribution in [0.15, 0.2) is 35.7 Å². The van der Waals surface area contributed by atoms with Gasteiger partial charge in [-0.1, -0.05) is 19.4 Å². The third kappa shape index (κ3) is 3.52. The van der Waals surface area contributed by atoms with Gasteiger partial charge in [0.1, 0.15) is 11.5 Å². The van der Waals surface area contributed by atoms with Crippen LogP contribution in [0.5, 0.6) is 11.5 Å². The van der Waals surface area contributed by atoms with E-state index < -0.39 is 0 Å². The number of phenolic OH excluding ortho intramolecular Hbond substituents is 2. The minimum absolute atomic E-state index is 0.0271. The van der Waals surface area contributed by atoms with Crippen molar-refractivity contribution in [2.24, 2.45) is 0 Å². The molecule has 108 valence electrons. The molecule has 1 aromatic heterocycles. The molecule has 0 aliphatic heterocycles. The standard InChI is InChI=1S/C16H21NO2S/c1-3-5-14(16-6-4-9-20-16)17-11(2)13-10-12(18)7-8-15(13)19/h4,6-11,14,17-19H,3,5H2,1-2H3. The van der Waals surface area contributed by atoms with Crippen molar-refractivity contribution in [1.29, 1.82) is 0 Å². The third-order valence-electron chi connectivity index (χ3n) is 3.39. The first kappa shape index (κ1) is 14.9. The van der Waals surface area contributed by atoms with Gasteiger partial charge in [0, 0.05) is 22.5 Å². The number of hydrogen-bond donors (Lipinski definition) is 3. The SMILES string of the molecule is CCCC(NC(C)c1cc(O)ccc1O)c1cccs1. The van der Waals surface area contributed by atoms with Gasteiger partial charge in [-0.05, 0) is 43.0 Å². The summed E-state index contributed by atoms with van der Waals surface area (Å²) in [5.74, 6) is 0.388. The third-order valence-corrected chi connectivity index (χ3v) is 4.38. The smallest absolute Gasteiger partial charge is 0.120 e. The molecular weight excluding hydrogens is 270 g/mol. The number of nitrogens with one attached hydrogen (secondary N) is 1. The zero-order valence-corrected chi connectivity index (χ0v) is 12.7. The Kier molecular flexibility index (Phi) is 5.04. The van der Waals surface area contributed by atoms with Crippen LogP contribution in [0, 0.1) is 0 Å². The van der Waals surface area contributed by atoms with Crippen molar-refractivity contribution in [2.75, 3.05) is 0 Å². The second-order valence-electron chi connectivity index (χ2n) is 4.99. The Morgan fingerprint density at radius 3 is 2.70 bits per heavy atom. The Balaban J connectivity index is 2.15. The van der Waals surface area contributed by atoms with Crippen LogP contribution in [0.25, 0.3) is 0 Å². The van der Waals surface area contributed by atoms with Gasteiger partial charge in [0.05, 0.1) is 0 Å². The highest BCUT2D eigenvalue weighted by molar-refractivity contribution is 7.10. The molecule has 0 spiro atoms. The van der Waals surface area contributed by atoms with E-state index in [0.717, 1.165) is 18.4 Å². The van der Waals surface area contributed by atoms with E-state index in [-0.39, 0.29) is 23.6 Å². The lowest BCUT2D eigenvalue weighted by Gasteiger charge is -2.23. The van der Waals surface area contributed by atoms with Crippen molar-refractivity contribution < 1.29 is 10.2 Å². The molecule has 2 rings (SSSR count). The first-order valence-electron chi connectivity index (χ1n) is 6.93. The van der Waals surface area contributed by atoms with Gasteiger partial charge in [0.25, 0.3) is 0 Å². The van der Waals surface area contributed by atoms with E-state index in [1.165, 1.54) is 17.0 Å². The van der Waals surface area contributed by atoms with Crippen LogP contribution in [0.4, 0.5) is 0 Å². The largest absolute Gasteiger partial charge is 0.508 e. The van der Waals surface area contributed by atoms with E-state index in [1.807, 2.05) is 6.92 Å². The van der Waals surface area contributed by atoms with Crippen molar-refractivity contribution >= 4 is 11.3 Å². The molecule has 2 unspecified atom stereocenters. The monoisotopic (exact) mass is 291 g/mol. The van der Waals surface area contributed by atoms with Crippen LogP contribution < -0.4 is 5.32 Å². The average molecular weight is 291 g/mol. The van der Waals surface area contributed by atoms with Crippen LogP contribution >= 0.6 is 11.3 Å². The number of phenols is 2. The molecule has 1 aromatic carbocycles. The van der Waals surface area contributed by atoms with Gasteiger partial charge in [-0.3, -0.25) is 0 Å². The van der Waals surface area contributed by atoms with Gasteiger partial charge in [-0.2, -0.15) is 0 Å². The highest BCUT2D eigenvalue weighted by Crippen LogP contribution is 2.31. The maximum Gasteiger partial charge on any atom is 0.120 e. The molecule has 2 aromatic rings. The number of thiophene rings is 1. The van der Waals surface area contributed by atoms with Crippen LogP contribution in [-0.4, -0.2) is 10.2 Å². The fourth-order valence-corrected chi connectivity index (χ4v) is 3.19. The Hall–Kier alpha value is -1.52. The quantitative estimate of drug-likeness (QED) is 0.693. The Bertz CT molecular complexity index is 539. The molecular formula is C16H21NO2S. The predicted octanol–water partition coefficient (Wildman–Crippen LogP) is 4.35. The van der Waals surface area contributed by atoms with Crippen molar-refractivity contribution in [3.63, 3.8) is 0 Å². The van der Waals surface area contributed by atoms with Gasteiger partial charge in [-0.15, -0.1) is 11.3 Å². The summed E-state index contributed by atoms with van der Waals surface area (Å²) in [4.78, 5) is 1.30. The molecule has 0 saturated heterocycles. The molecule has 0 saturated carbocycles. The molecule has 0 radical (unpaired) electrons. The van der Waals surface area contributed by atoms with Crippen molar-refractivity contribution in [3.8, 4) is 11.5 Å². The van der Waals surface area contributed by atoms with E-state index in [2.05, 4.69) is 29.8 Å². The first-order valence-corrected chi connectivity index (χ1v) is 7.81. The summed E-state index contributed by atoms with van der Waals surface area (Å²) >= 11 is 1.74. The molecule has 3 nitrogen and oxygen atoms in total. The van der Waals surface area contributed by atoms with Crippen molar-refractivity contribution in [1.82, 2.24) is 5.32 Å². The highest BCUT2D eigenvalue weighted by Gasteiger charge is 2.18. The van der Waals surface area contributed by atoms with Gasteiger partial charge < -0.3 is 15.5 Å². The Labute approximate surface area is 123 Å². The summed E-state index contributed by atoms with van der Waals surface area (Å²) in [6, 6.07) is 9.08. The lowest BCUT2D eigenvalue weighted by Crippen LogP contribution is -2.24. The van der Waals surface area contributed by atoms with E-state index in [4.69, 9.17) is 0 Å². The van der Waals surface area contributed by atoms with Gasteiger partial charge in [0.2, 0.25) is 0 Å². The molecule has 0 bridgehead atoms. The summed E-state index contributed by atoms with van der Waals surface area (Å²) in [7, 11) is 0. The molecule has 2 atom stereocenters. The molecule has 3 N–H and O–H groups in total. The zero-order chi connectivity index (χ0) is 14.5.